The molecule has 9 heteroatoms. The third-order valence-corrected chi connectivity index (χ3v) is 107. The first-order valence-electron chi connectivity index (χ1n) is 5.32. The van der Waals surface area contributed by atoms with E-state index in [0.717, 1.165) is 0 Å². The summed E-state index contributed by atoms with van der Waals surface area (Å²) in [5, 5.41) is 0. The maximum atomic E-state index is 3.48. The molecule has 0 spiro atoms. The number of hydrogen-bond acceptors (Lipinski definition) is 0. The zero-order valence-corrected chi connectivity index (χ0v) is 27.7. The summed E-state index contributed by atoms with van der Waals surface area (Å²) in [6.45, 7) is 9.66. The maximum absolute atomic E-state index is 3.48. The Morgan fingerprint density at radius 3 is 0.706 bits per heavy atom. The molecule has 0 aliphatic carbocycles. The molecule has 0 amide bonds. The van der Waals surface area contributed by atoms with E-state index < -0.39 is 16.7 Å². The average Bonchev–Trinajstić information content (AvgIpc) is 2.02. The van der Waals surface area contributed by atoms with E-state index in [4.69, 9.17) is 0 Å². The van der Waals surface area contributed by atoms with E-state index in [1.807, 2.05) is 0 Å². The van der Waals surface area contributed by atoms with Gasteiger partial charge in [-0.25, -0.2) is 0 Å². The van der Waals surface area contributed by atoms with Crippen molar-refractivity contribution >= 4 is 120 Å². The van der Waals surface area contributed by atoms with Crippen LogP contribution < -0.4 is 0 Å². The van der Waals surface area contributed by atoms with Crippen LogP contribution in [0.15, 0.2) is 0 Å². The van der Waals surface area contributed by atoms with E-state index in [1.165, 1.54) is 0 Å². The van der Waals surface area contributed by atoms with E-state index >= 15 is 0 Å². The first kappa shape index (κ1) is 26.2. The predicted molar refractivity (Wildman–Crippen MR) is 98.7 cm³/mol. The third-order valence-electron chi connectivity index (χ3n) is 1.59. The van der Waals surface area contributed by atoms with Crippen LogP contribution in [-0.2, 0) is 0 Å². The van der Waals surface area contributed by atoms with Crippen molar-refractivity contribution in [3.63, 3.8) is 0 Å². The van der Waals surface area contributed by atoms with Crippen LogP contribution in [0.3, 0.4) is 0 Å². The molecule has 0 heterocycles. The Hall–Kier alpha value is 4.33. The average molecular weight is 758 g/mol. The van der Waals surface area contributed by atoms with Gasteiger partial charge in [0.25, 0.3) is 0 Å². The fraction of sp³-hybridized carbons (Fsp3) is 1.00. The normalized spacial score (nSPS) is 12.0. The van der Waals surface area contributed by atoms with Gasteiger partial charge >= 0.3 is 166 Å². The summed E-state index contributed by atoms with van der Waals surface area (Å²) < 4.78 is -1.19. The van der Waals surface area contributed by atoms with Crippen LogP contribution in [0.1, 0.15) is 0 Å². The van der Waals surface area contributed by atoms with E-state index in [2.05, 4.69) is 107 Å². The molecule has 0 bridgehead atoms. The second kappa shape index (κ2) is 12.8. The Morgan fingerprint density at radius 2 is 0.706 bits per heavy atom. The van der Waals surface area contributed by atoms with Crippen molar-refractivity contribution in [2.24, 2.45) is 0 Å². The van der Waals surface area contributed by atoms with Gasteiger partial charge in [0.1, 0.15) is 0 Å². The van der Waals surface area contributed by atoms with Crippen molar-refractivity contribution in [3.05, 3.63) is 0 Å². The first-order valence-corrected chi connectivity index (χ1v) is 36.6. The van der Waals surface area contributed by atoms with Crippen LogP contribution in [0.4, 0.5) is 0 Å². The van der Waals surface area contributed by atoms with Crippen molar-refractivity contribution in [2.45, 2.75) is 45.9 Å². The Morgan fingerprint density at radius 1 is 0.588 bits per heavy atom. The Balaban J connectivity index is -0.000000273. The van der Waals surface area contributed by atoms with Gasteiger partial charge in [-0.1, -0.05) is 0 Å². The monoisotopic (exact) mass is 764 g/mol. The molecule has 0 aliphatic heterocycles. The zero-order valence-electron chi connectivity index (χ0n) is 12.1. The molecule has 0 aromatic rings. The molecule has 0 nitrogen and oxygen atoms in total. The van der Waals surface area contributed by atoms with Crippen LogP contribution in [-0.4, -0.2) is 120 Å². The van der Waals surface area contributed by atoms with Crippen LogP contribution in [0.2, 0.25) is 45.9 Å². The summed E-state index contributed by atoms with van der Waals surface area (Å²) in [4.78, 5) is 9.18. The van der Waals surface area contributed by atoms with Gasteiger partial charge in [-0.15, -0.1) is 0 Å². The molecular formula is C8H24Se4Si3Sn2. The molecular weight excluding hydrogens is 734 g/mol. The Labute approximate surface area is 163 Å². The van der Waals surface area contributed by atoms with Gasteiger partial charge in [0.05, 0.1) is 0 Å². The van der Waals surface area contributed by atoms with E-state index in [0.29, 0.717) is 0 Å². The molecule has 100 valence electrons. The van der Waals surface area contributed by atoms with E-state index in [1.54, 1.807) is 0 Å². The molecule has 0 N–H and O–H groups in total. The molecule has 0 unspecified atom stereocenters. The van der Waals surface area contributed by atoms with Crippen molar-refractivity contribution < 1.29 is 0 Å². The SMILES string of the molecule is C[Si](C)([Se])[Si]([Se])([Se])[Si](C)(C)[Se].[CH3][Sn][CH3].[CH3][Sn][CH3]. The number of rotatable bonds is 2. The van der Waals surface area contributed by atoms with Gasteiger partial charge < -0.3 is 0 Å². The fourth-order valence-electron chi connectivity index (χ4n) is 0.725. The quantitative estimate of drug-likeness (QED) is 0.373. The van der Waals surface area contributed by atoms with Gasteiger partial charge in [0.2, 0.25) is 0 Å². The molecule has 0 saturated carbocycles. The molecule has 0 aliphatic rings. The topological polar surface area (TPSA) is 0 Å². The van der Waals surface area contributed by atoms with Crippen molar-refractivity contribution in [2.75, 3.05) is 0 Å². The third kappa shape index (κ3) is 13.7. The first-order chi connectivity index (χ1) is 7.33. The summed E-state index contributed by atoms with van der Waals surface area (Å²) in [6.07, 6.45) is -2.17. The fourth-order valence-corrected chi connectivity index (χ4v) is 57.3. The molecule has 0 atom stereocenters. The van der Waals surface area contributed by atoms with Crippen molar-refractivity contribution in [3.8, 4) is 0 Å². The summed E-state index contributed by atoms with van der Waals surface area (Å²) in [5.41, 5.74) is 0. The summed E-state index contributed by atoms with van der Waals surface area (Å²) in [5.74, 6) is 0. The predicted octanol–water partition coefficient (Wildman–Crippen LogP) is 1.24. The zero-order chi connectivity index (χ0) is 14.9. The van der Waals surface area contributed by atoms with Crippen LogP contribution in [0.25, 0.3) is 0 Å². The van der Waals surface area contributed by atoms with Crippen LogP contribution >= 0.6 is 0 Å². The Kier molecular flexibility index (Phi) is 19.8. The van der Waals surface area contributed by atoms with E-state index in [-0.39, 0.29) is 42.3 Å². The summed E-state index contributed by atoms with van der Waals surface area (Å²) >= 11 is 14.2. The second-order valence-corrected chi connectivity index (χ2v) is 70.2. The molecule has 0 aromatic carbocycles. The van der Waals surface area contributed by atoms with Crippen molar-refractivity contribution in [1.29, 1.82) is 0 Å². The van der Waals surface area contributed by atoms with Gasteiger partial charge in [-0.05, 0) is 0 Å². The summed E-state index contributed by atoms with van der Waals surface area (Å²) in [6, 6.07) is 0. The van der Waals surface area contributed by atoms with Crippen molar-refractivity contribution in [1.82, 2.24) is 0 Å². The molecule has 17 heavy (non-hydrogen) atoms. The standard InChI is InChI=1S/C4H12Se4Si3.4CH3.2Sn/c1-9(2,5)11(7,8)10(3,4)6;;;;;;/h1-4H3;4*1H3;;. The van der Waals surface area contributed by atoms with E-state index in [9.17, 15) is 0 Å². The van der Waals surface area contributed by atoms with Gasteiger partial charge in [-0.3, -0.25) is 0 Å². The summed E-state index contributed by atoms with van der Waals surface area (Å²) in [7, 11) is 0. The molecule has 0 aromatic heterocycles. The van der Waals surface area contributed by atoms with Gasteiger partial charge in [0, 0.05) is 0 Å². The minimum absolute atomic E-state index is 0.230. The van der Waals surface area contributed by atoms with Crippen LogP contribution in [0, 0.1) is 0 Å². The van der Waals surface area contributed by atoms with Gasteiger partial charge in [-0.2, -0.15) is 0 Å². The molecule has 0 rings (SSSR count). The minimum atomic E-state index is -1.19. The molecule has 8 radical (unpaired) electrons. The van der Waals surface area contributed by atoms with Gasteiger partial charge in [0.15, 0.2) is 0 Å². The molecule has 0 saturated heterocycles. The Bertz CT molecular complexity index is 163. The molecule has 0 fully saturated rings. The second-order valence-electron chi connectivity index (χ2n) is 4.64. The van der Waals surface area contributed by atoms with Crippen LogP contribution in [0.5, 0.6) is 0 Å². The number of hydrogen-bond donors (Lipinski definition) is 0.